The molecular weight excluding hydrogens is 418 g/mol. The zero-order chi connectivity index (χ0) is 20.0. The van der Waals surface area contributed by atoms with Gasteiger partial charge in [0, 0.05) is 16.1 Å². The van der Waals surface area contributed by atoms with Gasteiger partial charge in [0.2, 0.25) is 0 Å². The summed E-state index contributed by atoms with van der Waals surface area (Å²) in [5.74, 6) is 0. The molecule has 0 bridgehead atoms. The van der Waals surface area contributed by atoms with E-state index < -0.39 is 11.7 Å². The second-order valence-corrected chi connectivity index (χ2v) is 6.83. The lowest BCUT2D eigenvalue weighted by Gasteiger charge is -2.11. The van der Waals surface area contributed by atoms with Crippen LogP contribution in [0.4, 0.5) is 13.2 Å². The molecule has 0 amide bonds. The number of benzene rings is 1. The van der Waals surface area contributed by atoms with Crippen molar-refractivity contribution in [1.82, 2.24) is 4.98 Å². The Morgan fingerprint density at radius 3 is 2.22 bits per heavy atom. The summed E-state index contributed by atoms with van der Waals surface area (Å²) in [5.41, 5.74) is -0.424. The highest BCUT2D eigenvalue weighted by molar-refractivity contribution is 8.08. The molecule has 1 aromatic carbocycles. The minimum absolute atomic E-state index is 0.131. The zero-order valence-electron chi connectivity index (χ0n) is 13.3. The molecule has 1 heterocycles. The molecule has 2 rings (SSSR count). The Bertz CT molecular complexity index is 969. The summed E-state index contributed by atoms with van der Waals surface area (Å²) in [6, 6.07) is 10.9. The summed E-state index contributed by atoms with van der Waals surface area (Å²) >= 11 is 12.8. The van der Waals surface area contributed by atoms with Crippen molar-refractivity contribution in [3.8, 4) is 12.1 Å². The number of rotatable bonds is 4. The van der Waals surface area contributed by atoms with Crippen LogP contribution in [0.3, 0.4) is 0 Å². The monoisotopic (exact) mass is 425 g/mol. The van der Waals surface area contributed by atoms with Gasteiger partial charge in [-0.2, -0.15) is 23.7 Å². The van der Waals surface area contributed by atoms with Crippen molar-refractivity contribution in [1.29, 1.82) is 10.5 Å². The highest BCUT2D eigenvalue weighted by Gasteiger charge is 2.31. The molecule has 9 heteroatoms. The highest BCUT2D eigenvalue weighted by atomic mass is 35.5. The van der Waals surface area contributed by atoms with Crippen LogP contribution < -0.4 is 0 Å². The fourth-order valence-corrected chi connectivity index (χ4v) is 3.09. The Kier molecular flexibility index (Phi) is 6.92. The van der Waals surface area contributed by atoms with Gasteiger partial charge in [-0.25, -0.2) is 4.98 Å². The van der Waals surface area contributed by atoms with Gasteiger partial charge < -0.3 is 0 Å². The number of hydrogen-bond acceptors (Lipinski definition) is 4. The largest absolute Gasteiger partial charge is 0.417 e. The van der Waals surface area contributed by atoms with Gasteiger partial charge in [-0.05, 0) is 35.9 Å². The average Bonchev–Trinajstić information content (AvgIpc) is 2.62. The van der Waals surface area contributed by atoms with Gasteiger partial charge in [0.1, 0.15) is 22.7 Å². The van der Waals surface area contributed by atoms with E-state index in [1.165, 1.54) is 12.2 Å². The molecule has 0 N–H and O–H groups in total. The van der Waals surface area contributed by atoms with Crippen molar-refractivity contribution in [2.45, 2.75) is 11.2 Å². The van der Waals surface area contributed by atoms with Crippen LogP contribution in [0, 0.1) is 22.7 Å². The summed E-state index contributed by atoms with van der Waals surface area (Å²) in [6.45, 7) is 0. The lowest BCUT2D eigenvalue weighted by Crippen LogP contribution is -2.05. The lowest BCUT2D eigenvalue weighted by atomic mass is 10.2. The van der Waals surface area contributed by atoms with E-state index in [2.05, 4.69) is 4.98 Å². The maximum atomic E-state index is 12.8. The smallest absolute Gasteiger partial charge is 0.247 e. The first-order valence-electron chi connectivity index (χ1n) is 7.13. The molecule has 0 aliphatic rings. The van der Waals surface area contributed by atoms with Crippen molar-refractivity contribution in [3.05, 3.63) is 75.4 Å². The van der Waals surface area contributed by atoms with Crippen LogP contribution in [0.25, 0.3) is 4.91 Å². The predicted octanol–water partition coefficient (Wildman–Crippen LogP) is 6.51. The quantitative estimate of drug-likeness (QED) is 0.318. The minimum atomic E-state index is -4.55. The number of nitrogens with zero attached hydrogens (tertiary/aromatic N) is 3. The van der Waals surface area contributed by atoms with Gasteiger partial charge in [-0.3, -0.25) is 0 Å². The normalized spacial score (nSPS) is 11.4. The van der Waals surface area contributed by atoms with E-state index in [1.807, 2.05) is 0 Å². The topological polar surface area (TPSA) is 60.5 Å². The van der Waals surface area contributed by atoms with Crippen LogP contribution in [-0.2, 0) is 6.18 Å². The van der Waals surface area contributed by atoms with E-state index in [4.69, 9.17) is 33.7 Å². The van der Waals surface area contributed by atoms with Crippen LogP contribution in [0.2, 0.25) is 10.0 Å². The Morgan fingerprint density at radius 1 is 1.07 bits per heavy atom. The summed E-state index contributed by atoms with van der Waals surface area (Å²) < 4.78 is 38.3. The van der Waals surface area contributed by atoms with Gasteiger partial charge in [-0.15, -0.1) is 0 Å². The molecule has 0 fully saturated rings. The molecule has 0 aliphatic carbocycles. The first-order valence-corrected chi connectivity index (χ1v) is 8.70. The molecule has 2 aromatic rings. The Hall–Kier alpha value is -2.45. The number of aromatic nitrogens is 1. The van der Waals surface area contributed by atoms with Gasteiger partial charge >= 0.3 is 6.18 Å². The van der Waals surface area contributed by atoms with E-state index >= 15 is 0 Å². The van der Waals surface area contributed by atoms with Crippen LogP contribution in [0.15, 0.2) is 59.3 Å². The SMILES string of the molecule is N#CC(C#N)=CC=C(Sc1ncc(C(F)(F)F)cc1Cl)c1ccc(Cl)cc1. The van der Waals surface area contributed by atoms with Crippen molar-refractivity contribution < 1.29 is 13.2 Å². The number of pyridine rings is 1. The second-order valence-electron chi connectivity index (χ2n) is 4.95. The van der Waals surface area contributed by atoms with Gasteiger partial charge in [-0.1, -0.05) is 47.1 Å². The van der Waals surface area contributed by atoms with Crippen LogP contribution >= 0.6 is 35.0 Å². The Balaban J connectivity index is 2.45. The second kappa shape index (κ2) is 8.96. The molecular formula is C18H8Cl2F3N3S. The average molecular weight is 426 g/mol. The number of halogens is 5. The third-order valence-corrected chi connectivity index (χ3v) is 4.87. The van der Waals surface area contributed by atoms with E-state index in [1.54, 1.807) is 36.4 Å². The maximum Gasteiger partial charge on any atom is 0.417 e. The number of alkyl halides is 3. The molecule has 136 valence electrons. The Morgan fingerprint density at radius 2 is 1.70 bits per heavy atom. The van der Waals surface area contributed by atoms with Crippen LogP contribution in [0.5, 0.6) is 0 Å². The zero-order valence-corrected chi connectivity index (χ0v) is 15.6. The molecule has 0 spiro atoms. The first-order chi connectivity index (χ1) is 12.7. The summed E-state index contributed by atoms with van der Waals surface area (Å²) in [7, 11) is 0. The minimum Gasteiger partial charge on any atom is -0.247 e. The van der Waals surface area contributed by atoms with Gasteiger partial charge in [0.05, 0.1) is 10.6 Å². The third kappa shape index (κ3) is 5.77. The molecule has 0 unspecified atom stereocenters. The third-order valence-electron chi connectivity index (χ3n) is 3.11. The van der Waals surface area contributed by atoms with Crippen LogP contribution in [-0.4, -0.2) is 4.98 Å². The van der Waals surface area contributed by atoms with Crippen molar-refractivity contribution >= 4 is 39.9 Å². The first kappa shape index (κ1) is 20.9. The van der Waals surface area contributed by atoms with E-state index in [0.29, 0.717) is 21.7 Å². The number of nitriles is 2. The fraction of sp³-hybridized carbons (Fsp3) is 0.0556. The molecule has 3 nitrogen and oxygen atoms in total. The van der Waals surface area contributed by atoms with Crippen molar-refractivity contribution in [2.75, 3.05) is 0 Å². The number of thioether (sulfide) groups is 1. The van der Waals surface area contributed by atoms with Gasteiger partial charge in [0.25, 0.3) is 0 Å². The molecule has 27 heavy (non-hydrogen) atoms. The maximum absolute atomic E-state index is 12.8. The predicted molar refractivity (Wildman–Crippen MR) is 98.8 cm³/mol. The van der Waals surface area contributed by atoms with Gasteiger partial charge in [0.15, 0.2) is 0 Å². The van der Waals surface area contributed by atoms with E-state index in [-0.39, 0.29) is 15.6 Å². The van der Waals surface area contributed by atoms with Crippen molar-refractivity contribution in [2.24, 2.45) is 0 Å². The van der Waals surface area contributed by atoms with E-state index in [9.17, 15) is 13.2 Å². The molecule has 0 saturated carbocycles. The summed E-state index contributed by atoms with van der Waals surface area (Å²) in [5, 5.41) is 18.2. The number of allylic oxidation sites excluding steroid dienone is 3. The highest BCUT2D eigenvalue weighted by Crippen LogP contribution is 2.39. The fourth-order valence-electron chi connectivity index (χ4n) is 1.82. The molecule has 0 atom stereocenters. The summed E-state index contributed by atoms with van der Waals surface area (Å²) in [6.07, 6.45) is -1.06. The molecule has 0 saturated heterocycles. The number of hydrogen-bond donors (Lipinski definition) is 0. The summed E-state index contributed by atoms with van der Waals surface area (Å²) in [4.78, 5) is 4.31. The van der Waals surface area contributed by atoms with Crippen molar-refractivity contribution in [3.63, 3.8) is 0 Å². The molecule has 0 radical (unpaired) electrons. The van der Waals surface area contributed by atoms with E-state index in [0.717, 1.165) is 17.8 Å². The lowest BCUT2D eigenvalue weighted by molar-refractivity contribution is -0.137. The van der Waals surface area contributed by atoms with Crippen LogP contribution in [0.1, 0.15) is 11.1 Å². The molecule has 1 aromatic heterocycles. The molecule has 0 aliphatic heterocycles. The Labute approximate surface area is 167 Å². The standard InChI is InChI=1S/C18H8Cl2F3N3S/c19-14-4-2-12(3-5-14)16(6-1-11(8-24)9-25)27-17-15(20)7-13(10-26-17)18(21,22)23/h1-7,10H.